The summed E-state index contributed by atoms with van der Waals surface area (Å²) < 4.78 is 0. The quantitative estimate of drug-likeness (QED) is 0.806. The lowest BCUT2D eigenvalue weighted by atomic mass is 10.0. The van der Waals surface area contributed by atoms with Crippen molar-refractivity contribution in [1.82, 2.24) is 20.0 Å². The number of nitrogens with one attached hydrogen (secondary N) is 1. The molecule has 0 aromatic rings. The van der Waals surface area contributed by atoms with E-state index in [4.69, 9.17) is 0 Å². The van der Waals surface area contributed by atoms with E-state index in [0.29, 0.717) is 12.1 Å². The number of piperazine rings is 1. The van der Waals surface area contributed by atoms with Gasteiger partial charge in [-0.3, -0.25) is 0 Å². The van der Waals surface area contributed by atoms with Crippen LogP contribution in [-0.2, 0) is 0 Å². The molecule has 0 aliphatic carbocycles. The Hall–Kier alpha value is -0.810. The van der Waals surface area contributed by atoms with Crippen LogP contribution in [-0.4, -0.2) is 79.1 Å². The monoisotopic (exact) mass is 268 g/mol. The molecule has 2 heterocycles. The second-order valence-corrected chi connectivity index (χ2v) is 6.14. The van der Waals surface area contributed by atoms with E-state index in [1.807, 2.05) is 4.90 Å². The predicted octanol–water partition coefficient (Wildman–Crippen LogP) is 0.816. The van der Waals surface area contributed by atoms with Gasteiger partial charge in [-0.25, -0.2) is 4.79 Å². The smallest absolute Gasteiger partial charge is 0.317 e. The third kappa shape index (κ3) is 4.08. The summed E-state index contributed by atoms with van der Waals surface area (Å²) in [6.07, 6.45) is 2.16. The van der Waals surface area contributed by atoms with E-state index in [2.05, 4.69) is 36.0 Å². The summed E-state index contributed by atoms with van der Waals surface area (Å²) in [4.78, 5) is 18.9. The van der Waals surface area contributed by atoms with Crippen molar-refractivity contribution >= 4 is 6.03 Å². The Bertz CT molecular complexity index is 292. The molecule has 2 aliphatic heterocycles. The highest BCUT2D eigenvalue weighted by molar-refractivity contribution is 5.74. The van der Waals surface area contributed by atoms with Crippen molar-refractivity contribution in [1.29, 1.82) is 0 Å². The van der Waals surface area contributed by atoms with Crippen molar-refractivity contribution in [2.75, 3.05) is 46.3 Å². The fourth-order valence-electron chi connectivity index (χ4n) is 2.84. The lowest BCUT2D eigenvalue weighted by molar-refractivity contribution is 0.136. The number of amides is 2. The van der Waals surface area contributed by atoms with Gasteiger partial charge in [0.25, 0.3) is 0 Å². The fraction of sp³-hybridized carbons (Fsp3) is 0.929. The van der Waals surface area contributed by atoms with Gasteiger partial charge in [0.2, 0.25) is 0 Å². The number of likely N-dealkylation sites (tertiary alicyclic amines) is 1. The van der Waals surface area contributed by atoms with Gasteiger partial charge in [0.1, 0.15) is 0 Å². The van der Waals surface area contributed by atoms with Crippen LogP contribution in [0.2, 0.25) is 0 Å². The van der Waals surface area contributed by atoms with Crippen molar-refractivity contribution in [2.24, 2.45) is 0 Å². The molecular weight excluding hydrogens is 240 g/mol. The van der Waals surface area contributed by atoms with Gasteiger partial charge in [0.15, 0.2) is 0 Å². The summed E-state index contributed by atoms with van der Waals surface area (Å²) in [5.74, 6) is 0. The maximum absolute atomic E-state index is 12.2. The van der Waals surface area contributed by atoms with E-state index in [1.165, 1.54) is 0 Å². The number of piperidine rings is 1. The number of hydrogen-bond acceptors (Lipinski definition) is 3. The average molecular weight is 268 g/mol. The number of carbonyl (C=O) groups is 1. The van der Waals surface area contributed by atoms with Crippen molar-refractivity contribution in [3.63, 3.8) is 0 Å². The molecule has 0 aromatic heterocycles. The summed E-state index contributed by atoms with van der Waals surface area (Å²) >= 11 is 0. The van der Waals surface area contributed by atoms with E-state index in [1.54, 1.807) is 0 Å². The van der Waals surface area contributed by atoms with E-state index in [9.17, 15) is 4.79 Å². The van der Waals surface area contributed by atoms with Gasteiger partial charge in [-0.1, -0.05) is 0 Å². The van der Waals surface area contributed by atoms with Crippen LogP contribution in [0.15, 0.2) is 0 Å². The zero-order valence-electron chi connectivity index (χ0n) is 12.6. The molecule has 0 aromatic carbocycles. The lowest BCUT2D eigenvalue weighted by Crippen LogP contribution is -2.54. The van der Waals surface area contributed by atoms with Crippen LogP contribution in [0.25, 0.3) is 0 Å². The summed E-state index contributed by atoms with van der Waals surface area (Å²) in [6, 6.07) is 1.12. The number of likely N-dealkylation sites (N-methyl/N-ethyl adjacent to an activating group) is 1. The highest BCUT2D eigenvalue weighted by Gasteiger charge is 2.25. The third-order valence-electron chi connectivity index (χ3n) is 4.38. The van der Waals surface area contributed by atoms with Gasteiger partial charge >= 0.3 is 6.03 Å². The molecule has 110 valence electrons. The molecule has 5 nitrogen and oxygen atoms in total. The van der Waals surface area contributed by atoms with Gasteiger partial charge in [0.05, 0.1) is 0 Å². The van der Waals surface area contributed by atoms with Crippen LogP contribution in [0.1, 0.15) is 26.7 Å². The predicted molar refractivity (Wildman–Crippen MR) is 77.3 cm³/mol. The molecule has 2 rings (SSSR count). The largest absolute Gasteiger partial charge is 0.335 e. The Labute approximate surface area is 116 Å². The lowest BCUT2D eigenvalue weighted by Gasteiger charge is -2.37. The van der Waals surface area contributed by atoms with Crippen molar-refractivity contribution in [2.45, 2.75) is 38.8 Å². The topological polar surface area (TPSA) is 38.8 Å². The molecule has 2 saturated heterocycles. The molecule has 2 fully saturated rings. The Morgan fingerprint density at radius 2 is 1.63 bits per heavy atom. The fourth-order valence-corrected chi connectivity index (χ4v) is 2.84. The molecule has 0 saturated carbocycles. The van der Waals surface area contributed by atoms with Crippen LogP contribution in [0.4, 0.5) is 4.79 Å². The molecule has 1 N–H and O–H groups in total. The summed E-state index contributed by atoms with van der Waals surface area (Å²) in [6.45, 7) is 10.4. The van der Waals surface area contributed by atoms with Gasteiger partial charge in [-0.15, -0.1) is 0 Å². The van der Waals surface area contributed by atoms with Gasteiger partial charge < -0.3 is 20.0 Å². The van der Waals surface area contributed by atoms with E-state index in [-0.39, 0.29) is 6.03 Å². The van der Waals surface area contributed by atoms with E-state index in [0.717, 1.165) is 52.1 Å². The van der Waals surface area contributed by atoms with Crippen LogP contribution in [0.3, 0.4) is 0 Å². The normalized spacial score (nSPS) is 23.9. The first-order chi connectivity index (χ1) is 9.06. The summed E-state index contributed by atoms with van der Waals surface area (Å²) in [7, 11) is 2.11. The Morgan fingerprint density at radius 1 is 1.05 bits per heavy atom. The SMILES string of the molecule is CC(C)N1CCC(NC(=O)N2CCN(C)CC2)CC1. The second-order valence-electron chi connectivity index (χ2n) is 6.14. The third-order valence-corrected chi connectivity index (χ3v) is 4.38. The first kappa shape index (κ1) is 14.6. The first-order valence-electron chi connectivity index (χ1n) is 7.54. The Balaban J connectivity index is 1.72. The van der Waals surface area contributed by atoms with Crippen LogP contribution < -0.4 is 5.32 Å². The van der Waals surface area contributed by atoms with E-state index >= 15 is 0 Å². The minimum atomic E-state index is 0.135. The summed E-state index contributed by atoms with van der Waals surface area (Å²) in [5.41, 5.74) is 0. The first-order valence-corrected chi connectivity index (χ1v) is 7.54. The molecule has 19 heavy (non-hydrogen) atoms. The minimum absolute atomic E-state index is 0.135. The number of hydrogen-bond donors (Lipinski definition) is 1. The van der Waals surface area contributed by atoms with E-state index < -0.39 is 0 Å². The highest BCUT2D eigenvalue weighted by atomic mass is 16.2. The Morgan fingerprint density at radius 3 is 2.16 bits per heavy atom. The molecule has 0 atom stereocenters. The van der Waals surface area contributed by atoms with Crippen LogP contribution in [0, 0.1) is 0 Å². The minimum Gasteiger partial charge on any atom is -0.335 e. The molecule has 5 heteroatoms. The van der Waals surface area contributed by atoms with Crippen molar-refractivity contribution in [3.05, 3.63) is 0 Å². The number of carbonyl (C=O) groups excluding carboxylic acids is 1. The average Bonchev–Trinajstić information content (AvgIpc) is 2.40. The molecule has 0 unspecified atom stereocenters. The van der Waals surface area contributed by atoms with Crippen LogP contribution in [0.5, 0.6) is 0 Å². The maximum atomic E-state index is 12.2. The van der Waals surface area contributed by atoms with Crippen molar-refractivity contribution < 1.29 is 4.79 Å². The molecule has 0 radical (unpaired) electrons. The zero-order valence-corrected chi connectivity index (χ0v) is 12.6. The highest BCUT2D eigenvalue weighted by Crippen LogP contribution is 2.13. The van der Waals surface area contributed by atoms with Gasteiger partial charge in [0, 0.05) is 51.4 Å². The number of rotatable bonds is 2. The number of urea groups is 1. The van der Waals surface area contributed by atoms with Crippen LogP contribution >= 0.6 is 0 Å². The maximum Gasteiger partial charge on any atom is 0.317 e. The molecular formula is C14H28N4O. The Kier molecular flexibility index (Phi) is 5.05. The second kappa shape index (κ2) is 6.57. The standard InChI is InChI=1S/C14H28N4O/c1-12(2)17-6-4-13(5-7-17)15-14(19)18-10-8-16(3)9-11-18/h12-13H,4-11H2,1-3H3,(H,15,19). The molecule has 0 bridgehead atoms. The van der Waals surface area contributed by atoms with Crippen molar-refractivity contribution in [3.8, 4) is 0 Å². The van der Waals surface area contributed by atoms with Gasteiger partial charge in [-0.05, 0) is 33.7 Å². The summed E-state index contributed by atoms with van der Waals surface area (Å²) in [5, 5.41) is 3.20. The van der Waals surface area contributed by atoms with Gasteiger partial charge in [-0.2, -0.15) is 0 Å². The molecule has 2 amide bonds. The molecule has 0 spiro atoms. The number of nitrogens with zero attached hydrogens (tertiary/aromatic N) is 3. The molecule has 2 aliphatic rings. The zero-order chi connectivity index (χ0) is 13.8.